The Morgan fingerprint density at radius 2 is 1.73 bits per heavy atom. The van der Waals surface area contributed by atoms with Gasteiger partial charge in [-0.15, -0.1) is 0 Å². The number of hydrogen-bond donors (Lipinski definition) is 0. The molecule has 0 N–H and O–H groups in total. The molecule has 0 amide bonds. The van der Waals surface area contributed by atoms with Gasteiger partial charge in [0.05, 0.1) is 31.2 Å². The van der Waals surface area contributed by atoms with Gasteiger partial charge in [-0.05, 0) is 13.3 Å². The molecule has 0 bridgehead atoms. The number of hydrogen-bond acceptors (Lipinski definition) is 7. The first-order valence-electron chi connectivity index (χ1n) is 7.50. The van der Waals surface area contributed by atoms with Crippen molar-refractivity contribution in [3.63, 3.8) is 0 Å². The minimum Gasteiger partial charge on any atom is -0.463 e. The van der Waals surface area contributed by atoms with E-state index in [4.69, 9.17) is 23.7 Å². The first kappa shape index (κ1) is 17.2. The van der Waals surface area contributed by atoms with Gasteiger partial charge in [0.1, 0.15) is 25.4 Å². The summed E-state index contributed by atoms with van der Waals surface area (Å²) in [5, 5.41) is 0. The molecule has 0 saturated carbocycles. The second kappa shape index (κ2) is 7.39. The quantitative estimate of drug-likeness (QED) is 0.429. The Hall–Kier alpha value is -1.18. The summed E-state index contributed by atoms with van der Waals surface area (Å²) in [6.07, 6.45) is 0.344. The zero-order chi connectivity index (χ0) is 16.2. The minimum atomic E-state index is -0.891. The molecular formula is C15H24O7. The molecule has 126 valence electrons. The van der Waals surface area contributed by atoms with E-state index >= 15 is 0 Å². The Labute approximate surface area is 130 Å². The smallest absolute Gasteiger partial charge is 0.314 e. The second-order valence-corrected chi connectivity index (χ2v) is 6.24. The summed E-state index contributed by atoms with van der Waals surface area (Å²) in [7, 11) is 1.52. The SMILES string of the molecule is COCC(C)(CC(C)C(=O)OCC1CO1)C(=O)OCC1CO1. The van der Waals surface area contributed by atoms with Crippen LogP contribution in [-0.2, 0) is 33.3 Å². The number of ether oxygens (including phenoxy) is 5. The average molecular weight is 316 g/mol. The highest BCUT2D eigenvalue weighted by molar-refractivity contribution is 5.78. The Morgan fingerprint density at radius 1 is 1.18 bits per heavy atom. The molecule has 0 radical (unpaired) electrons. The molecule has 0 spiro atoms. The molecule has 0 aromatic rings. The highest BCUT2D eigenvalue weighted by atomic mass is 16.6. The van der Waals surface area contributed by atoms with Gasteiger partial charge in [-0.2, -0.15) is 0 Å². The third-order valence-electron chi connectivity index (χ3n) is 3.73. The number of rotatable bonds is 10. The summed E-state index contributed by atoms with van der Waals surface area (Å²) in [6, 6.07) is 0. The minimum absolute atomic E-state index is 0.0108. The average Bonchev–Trinajstić information content (AvgIpc) is 3.36. The van der Waals surface area contributed by atoms with Crippen molar-refractivity contribution in [3.05, 3.63) is 0 Å². The van der Waals surface area contributed by atoms with Gasteiger partial charge in [0, 0.05) is 7.11 Å². The van der Waals surface area contributed by atoms with Crippen molar-refractivity contribution >= 4 is 11.9 Å². The maximum absolute atomic E-state index is 12.3. The largest absolute Gasteiger partial charge is 0.463 e. The molecule has 7 heteroatoms. The van der Waals surface area contributed by atoms with Crippen LogP contribution < -0.4 is 0 Å². The lowest BCUT2D eigenvalue weighted by Gasteiger charge is -2.28. The van der Waals surface area contributed by atoms with E-state index in [0.717, 1.165) is 0 Å². The number of carbonyl (C=O) groups is 2. The van der Waals surface area contributed by atoms with Crippen LogP contribution in [0, 0.1) is 11.3 Å². The van der Waals surface area contributed by atoms with E-state index in [1.807, 2.05) is 0 Å². The Balaban J connectivity index is 1.83. The molecule has 4 unspecified atom stereocenters. The molecule has 2 heterocycles. The van der Waals surface area contributed by atoms with Crippen molar-refractivity contribution in [1.29, 1.82) is 0 Å². The van der Waals surface area contributed by atoms with Crippen molar-refractivity contribution in [1.82, 2.24) is 0 Å². The Morgan fingerprint density at radius 3 is 2.23 bits per heavy atom. The van der Waals surface area contributed by atoms with Crippen molar-refractivity contribution in [2.24, 2.45) is 11.3 Å². The topological polar surface area (TPSA) is 86.9 Å². The summed E-state index contributed by atoms with van der Waals surface area (Å²) < 4.78 is 25.6. The third kappa shape index (κ3) is 5.23. The van der Waals surface area contributed by atoms with E-state index in [2.05, 4.69) is 0 Å². The summed E-state index contributed by atoms with van der Waals surface area (Å²) in [4.78, 5) is 24.3. The normalized spacial score (nSPS) is 26.7. The van der Waals surface area contributed by atoms with Gasteiger partial charge in [0.15, 0.2) is 0 Å². The van der Waals surface area contributed by atoms with E-state index < -0.39 is 11.3 Å². The first-order chi connectivity index (χ1) is 10.4. The van der Waals surface area contributed by atoms with Crippen LogP contribution in [0.15, 0.2) is 0 Å². The van der Waals surface area contributed by atoms with Gasteiger partial charge in [-0.25, -0.2) is 0 Å². The molecule has 22 heavy (non-hydrogen) atoms. The maximum Gasteiger partial charge on any atom is 0.314 e. The Bertz CT molecular complexity index is 403. The fourth-order valence-electron chi connectivity index (χ4n) is 2.27. The number of carbonyl (C=O) groups excluding carboxylic acids is 2. The van der Waals surface area contributed by atoms with Crippen LogP contribution in [0.5, 0.6) is 0 Å². The van der Waals surface area contributed by atoms with E-state index in [9.17, 15) is 9.59 Å². The fourth-order valence-corrected chi connectivity index (χ4v) is 2.27. The van der Waals surface area contributed by atoms with E-state index in [1.165, 1.54) is 7.11 Å². The second-order valence-electron chi connectivity index (χ2n) is 6.24. The highest BCUT2D eigenvalue weighted by Crippen LogP contribution is 2.29. The molecule has 0 aromatic heterocycles. The van der Waals surface area contributed by atoms with Crippen LogP contribution in [0.1, 0.15) is 20.3 Å². The van der Waals surface area contributed by atoms with Crippen LogP contribution in [0.4, 0.5) is 0 Å². The van der Waals surface area contributed by atoms with E-state index in [1.54, 1.807) is 13.8 Å². The van der Waals surface area contributed by atoms with Gasteiger partial charge >= 0.3 is 11.9 Å². The monoisotopic (exact) mass is 316 g/mol. The standard InChI is InChI=1S/C15H24O7/c1-10(13(16)21-7-11-5-19-11)4-15(2,9-18-3)14(17)22-8-12-6-20-12/h10-12H,4-9H2,1-3H3. The summed E-state index contributed by atoms with van der Waals surface area (Å²) in [5.41, 5.74) is -0.891. The molecular weight excluding hydrogens is 292 g/mol. The summed E-state index contributed by atoms with van der Waals surface area (Å²) >= 11 is 0. The van der Waals surface area contributed by atoms with Gasteiger partial charge in [0.2, 0.25) is 0 Å². The molecule has 2 saturated heterocycles. The summed E-state index contributed by atoms with van der Waals surface area (Å²) in [6.45, 7) is 5.44. The zero-order valence-electron chi connectivity index (χ0n) is 13.3. The predicted octanol–water partition coefficient (Wildman–Crippen LogP) is 0.549. The van der Waals surface area contributed by atoms with Crippen molar-refractivity contribution in [3.8, 4) is 0 Å². The molecule has 0 aromatic carbocycles. The molecule has 2 aliphatic heterocycles. The van der Waals surface area contributed by atoms with Crippen molar-refractivity contribution < 1.29 is 33.3 Å². The van der Waals surface area contributed by atoms with Crippen molar-refractivity contribution in [2.45, 2.75) is 32.5 Å². The molecule has 2 rings (SSSR count). The lowest BCUT2D eigenvalue weighted by atomic mass is 9.82. The lowest BCUT2D eigenvalue weighted by Crippen LogP contribution is -2.38. The predicted molar refractivity (Wildman–Crippen MR) is 75.2 cm³/mol. The van der Waals surface area contributed by atoms with Gasteiger partial charge < -0.3 is 23.7 Å². The fraction of sp³-hybridized carbons (Fsp3) is 0.867. The third-order valence-corrected chi connectivity index (χ3v) is 3.73. The maximum atomic E-state index is 12.3. The van der Waals surface area contributed by atoms with E-state index in [-0.39, 0.29) is 44.0 Å². The van der Waals surface area contributed by atoms with Gasteiger partial charge in [-0.1, -0.05) is 6.92 Å². The van der Waals surface area contributed by atoms with Crippen LogP contribution in [-0.4, -0.2) is 64.3 Å². The van der Waals surface area contributed by atoms with E-state index in [0.29, 0.717) is 19.6 Å². The lowest BCUT2D eigenvalue weighted by molar-refractivity contribution is -0.162. The zero-order valence-corrected chi connectivity index (χ0v) is 13.3. The van der Waals surface area contributed by atoms with Gasteiger partial charge in [-0.3, -0.25) is 9.59 Å². The number of methoxy groups -OCH3 is 1. The highest BCUT2D eigenvalue weighted by Gasteiger charge is 2.40. The number of epoxide rings is 2. The van der Waals surface area contributed by atoms with Crippen LogP contribution in [0.2, 0.25) is 0 Å². The van der Waals surface area contributed by atoms with Gasteiger partial charge in [0.25, 0.3) is 0 Å². The molecule has 0 aliphatic carbocycles. The van der Waals surface area contributed by atoms with Crippen LogP contribution in [0.3, 0.4) is 0 Å². The molecule has 4 atom stereocenters. The molecule has 2 fully saturated rings. The first-order valence-corrected chi connectivity index (χ1v) is 7.50. The van der Waals surface area contributed by atoms with Crippen molar-refractivity contribution in [2.75, 3.05) is 40.1 Å². The van der Waals surface area contributed by atoms with Crippen LogP contribution >= 0.6 is 0 Å². The summed E-state index contributed by atoms with van der Waals surface area (Å²) in [5.74, 6) is -1.14. The Kier molecular flexibility index (Phi) is 5.77. The number of esters is 2. The molecule has 7 nitrogen and oxygen atoms in total. The van der Waals surface area contributed by atoms with Crippen LogP contribution in [0.25, 0.3) is 0 Å². The molecule has 2 aliphatic rings.